The molecule has 2 N–H and O–H groups in total. The maximum Gasteiger partial charge on any atom is 0.253 e. The van der Waals surface area contributed by atoms with Gasteiger partial charge in [-0.05, 0) is 47.4 Å². The molecule has 0 aliphatic rings. The largest absolute Gasteiger partial charge is 0.378 e. The van der Waals surface area contributed by atoms with E-state index < -0.39 is 12.0 Å². The fourth-order valence-corrected chi connectivity index (χ4v) is 2.59. The monoisotopic (exact) mass is 338 g/mol. The zero-order valence-corrected chi connectivity index (χ0v) is 13.5. The summed E-state index contributed by atoms with van der Waals surface area (Å²) in [5, 5.41) is 13.6. The molecule has 0 radical (unpaired) electrons. The summed E-state index contributed by atoms with van der Waals surface area (Å²) in [6, 6.07) is 8.37. The molecule has 6 heteroatoms. The van der Waals surface area contributed by atoms with Crippen LogP contribution in [0, 0.1) is 0 Å². The topological polar surface area (TPSA) is 62.2 Å². The molecular formula is C16H16Cl2N2O2. The Hall–Kier alpha value is -1.62. The van der Waals surface area contributed by atoms with Gasteiger partial charge in [0, 0.05) is 29.0 Å². The number of aliphatic hydroxyl groups excluding tert-OH is 1. The third-order valence-corrected chi connectivity index (χ3v) is 3.74. The molecule has 4 nitrogen and oxygen atoms in total. The Morgan fingerprint density at radius 2 is 1.77 bits per heavy atom. The predicted molar refractivity (Wildman–Crippen MR) is 87.1 cm³/mol. The minimum atomic E-state index is -1.30. The average molecular weight is 339 g/mol. The SMILES string of the molecule is C[C@@H](CNC(=O)[C@H](O)c1cc(Cl)cc(Cl)c1)c1ccncc1. The van der Waals surface area contributed by atoms with Crippen molar-refractivity contribution in [3.05, 3.63) is 63.9 Å². The zero-order chi connectivity index (χ0) is 16.1. The van der Waals surface area contributed by atoms with Crippen molar-refractivity contribution < 1.29 is 9.90 Å². The van der Waals surface area contributed by atoms with Crippen LogP contribution in [0.1, 0.15) is 30.1 Å². The van der Waals surface area contributed by atoms with E-state index in [0.717, 1.165) is 5.56 Å². The number of nitrogens with one attached hydrogen (secondary N) is 1. The van der Waals surface area contributed by atoms with Crippen molar-refractivity contribution >= 4 is 29.1 Å². The lowest BCUT2D eigenvalue weighted by atomic mass is 10.0. The first-order valence-corrected chi connectivity index (χ1v) is 7.54. The van der Waals surface area contributed by atoms with E-state index in [0.29, 0.717) is 22.2 Å². The first-order valence-electron chi connectivity index (χ1n) is 6.79. The van der Waals surface area contributed by atoms with Gasteiger partial charge in [0.1, 0.15) is 0 Å². The predicted octanol–water partition coefficient (Wildman–Crippen LogP) is 3.34. The number of rotatable bonds is 5. The second kappa shape index (κ2) is 7.58. The Balaban J connectivity index is 1.97. The number of halogens is 2. The van der Waals surface area contributed by atoms with Crippen LogP contribution in [-0.2, 0) is 4.79 Å². The Morgan fingerprint density at radius 1 is 1.18 bits per heavy atom. The number of amides is 1. The molecule has 0 saturated heterocycles. The molecule has 1 aromatic carbocycles. The van der Waals surface area contributed by atoms with Crippen molar-refractivity contribution in [1.82, 2.24) is 10.3 Å². The van der Waals surface area contributed by atoms with Crippen LogP contribution in [0.3, 0.4) is 0 Å². The molecule has 1 heterocycles. The van der Waals surface area contributed by atoms with E-state index in [9.17, 15) is 9.90 Å². The van der Waals surface area contributed by atoms with Crippen molar-refractivity contribution in [1.29, 1.82) is 0 Å². The van der Waals surface area contributed by atoms with Crippen LogP contribution in [0.5, 0.6) is 0 Å². The van der Waals surface area contributed by atoms with E-state index >= 15 is 0 Å². The van der Waals surface area contributed by atoms with E-state index in [1.165, 1.54) is 12.1 Å². The molecule has 1 amide bonds. The molecule has 0 unspecified atom stereocenters. The molecular weight excluding hydrogens is 323 g/mol. The van der Waals surface area contributed by atoms with Crippen molar-refractivity contribution in [3.63, 3.8) is 0 Å². The van der Waals surface area contributed by atoms with Gasteiger partial charge < -0.3 is 10.4 Å². The Labute approximate surface area is 139 Å². The summed E-state index contributed by atoms with van der Waals surface area (Å²) in [7, 11) is 0. The molecule has 116 valence electrons. The fraction of sp³-hybridized carbons (Fsp3) is 0.250. The lowest BCUT2D eigenvalue weighted by molar-refractivity contribution is -0.129. The van der Waals surface area contributed by atoms with Gasteiger partial charge in [0.15, 0.2) is 6.10 Å². The number of benzene rings is 1. The normalized spacial score (nSPS) is 13.5. The number of aromatic nitrogens is 1. The molecule has 0 spiro atoms. The Kier molecular flexibility index (Phi) is 5.77. The van der Waals surface area contributed by atoms with Crippen LogP contribution in [-0.4, -0.2) is 22.5 Å². The third-order valence-electron chi connectivity index (χ3n) is 3.31. The van der Waals surface area contributed by atoms with E-state index in [-0.39, 0.29) is 5.92 Å². The molecule has 2 atom stereocenters. The summed E-state index contributed by atoms with van der Waals surface area (Å²) in [6.45, 7) is 2.40. The highest BCUT2D eigenvalue weighted by molar-refractivity contribution is 6.34. The summed E-state index contributed by atoms with van der Waals surface area (Å²) in [5.74, 6) is -0.374. The van der Waals surface area contributed by atoms with Crippen LogP contribution in [0.4, 0.5) is 0 Å². The quantitative estimate of drug-likeness (QED) is 0.878. The van der Waals surface area contributed by atoms with E-state index in [2.05, 4.69) is 10.3 Å². The zero-order valence-electron chi connectivity index (χ0n) is 12.0. The highest BCUT2D eigenvalue weighted by Crippen LogP contribution is 2.24. The Bertz CT molecular complexity index is 630. The van der Waals surface area contributed by atoms with Gasteiger partial charge in [0.05, 0.1) is 0 Å². The maximum absolute atomic E-state index is 12.0. The minimum absolute atomic E-state index is 0.113. The van der Waals surface area contributed by atoms with Gasteiger partial charge in [-0.1, -0.05) is 30.1 Å². The van der Waals surface area contributed by atoms with Crippen LogP contribution in [0.2, 0.25) is 10.0 Å². The molecule has 0 saturated carbocycles. The Morgan fingerprint density at radius 3 is 2.36 bits per heavy atom. The lowest BCUT2D eigenvalue weighted by Gasteiger charge is -2.16. The molecule has 2 aromatic rings. The van der Waals surface area contributed by atoms with Crippen LogP contribution in [0.25, 0.3) is 0 Å². The van der Waals surface area contributed by atoms with Gasteiger partial charge in [-0.15, -0.1) is 0 Å². The van der Waals surface area contributed by atoms with Crippen molar-refractivity contribution in [2.45, 2.75) is 18.9 Å². The van der Waals surface area contributed by atoms with E-state index in [1.54, 1.807) is 18.5 Å². The number of pyridine rings is 1. The number of aliphatic hydroxyl groups is 1. The smallest absolute Gasteiger partial charge is 0.253 e. The minimum Gasteiger partial charge on any atom is -0.378 e. The highest BCUT2D eigenvalue weighted by atomic mass is 35.5. The van der Waals surface area contributed by atoms with Crippen molar-refractivity contribution in [2.75, 3.05) is 6.54 Å². The molecule has 1 aromatic heterocycles. The van der Waals surface area contributed by atoms with E-state index in [4.69, 9.17) is 23.2 Å². The molecule has 0 aliphatic carbocycles. The van der Waals surface area contributed by atoms with Gasteiger partial charge >= 0.3 is 0 Å². The standard InChI is InChI=1S/C16H16Cl2N2O2/c1-10(11-2-4-19-5-3-11)9-20-16(22)15(21)12-6-13(17)8-14(18)7-12/h2-8,10,15,21H,9H2,1H3,(H,20,22)/t10-,15+/m0/s1. The number of carbonyl (C=O) groups excluding carboxylic acids is 1. The molecule has 2 rings (SSSR count). The first kappa shape index (κ1) is 16.7. The maximum atomic E-state index is 12.0. The second-order valence-corrected chi connectivity index (χ2v) is 5.90. The fourth-order valence-electron chi connectivity index (χ4n) is 2.04. The summed E-state index contributed by atoms with van der Waals surface area (Å²) >= 11 is 11.7. The van der Waals surface area contributed by atoms with Gasteiger partial charge in [0.2, 0.25) is 0 Å². The van der Waals surface area contributed by atoms with Crippen LogP contribution in [0.15, 0.2) is 42.7 Å². The summed E-state index contributed by atoms with van der Waals surface area (Å²) in [5.41, 5.74) is 1.43. The second-order valence-electron chi connectivity index (χ2n) is 5.03. The highest BCUT2D eigenvalue weighted by Gasteiger charge is 2.19. The van der Waals surface area contributed by atoms with Crippen molar-refractivity contribution in [3.8, 4) is 0 Å². The number of hydrogen-bond donors (Lipinski definition) is 2. The third kappa shape index (κ3) is 4.44. The van der Waals surface area contributed by atoms with Crippen molar-refractivity contribution in [2.24, 2.45) is 0 Å². The lowest BCUT2D eigenvalue weighted by Crippen LogP contribution is -2.32. The first-order chi connectivity index (χ1) is 10.5. The number of nitrogens with zero attached hydrogens (tertiary/aromatic N) is 1. The molecule has 0 bridgehead atoms. The van der Waals surface area contributed by atoms with Gasteiger partial charge in [-0.25, -0.2) is 0 Å². The van der Waals surface area contributed by atoms with Gasteiger partial charge in [0.25, 0.3) is 5.91 Å². The van der Waals surface area contributed by atoms with Crippen LogP contribution >= 0.6 is 23.2 Å². The van der Waals surface area contributed by atoms with E-state index in [1.807, 2.05) is 19.1 Å². The summed E-state index contributed by atoms with van der Waals surface area (Å²) in [4.78, 5) is 16.0. The van der Waals surface area contributed by atoms with Crippen LogP contribution < -0.4 is 5.32 Å². The van der Waals surface area contributed by atoms with Gasteiger partial charge in [-0.3, -0.25) is 9.78 Å². The number of carbonyl (C=O) groups is 1. The molecule has 22 heavy (non-hydrogen) atoms. The number of hydrogen-bond acceptors (Lipinski definition) is 3. The summed E-state index contributed by atoms with van der Waals surface area (Å²) < 4.78 is 0. The summed E-state index contributed by atoms with van der Waals surface area (Å²) in [6.07, 6.45) is 2.10. The van der Waals surface area contributed by atoms with Gasteiger partial charge in [-0.2, -0.15) is 0 Å². The molecule has 0 fully saturated rings. The average Bonchev–Trinajstić information content (AvgIpc) is 2.51. The molecule has 0 aliphatic heterocycles.